The van der Waals surface area contributed by atoms with Crippen molar-refractivity contribution in [3.63, 3.8) is 0 Å². The summed E-state index contributed by atoms with van der Waals surface area (Å²) in [6.07, 6.45) is -4.89. The van der Waals surface area contributed by atoms with Gasteiger partial charge in [-0.1, -0.05) is 0 Å². The van der Waals surface area contributed by atoms with Crippen molar-refractivity contribution in [2.75, 3.05) is 65.6 Å². The average molecular weight is 879 g/mol. The number of carbonyl (C=O) groups excluding carboxylic acids is 4. The summed E-state index contributed by atoms with van der Waals surface area (Å²) >= 11 is 0. The number of hydrogen-bond donors (Lipinski definition) is 4. The topological polar surface area (TPSA) is 262 Å². The first-order valence-electron chi connectivity index (χ1n) is 19.9. The molecule has 2 aliphatic heterocycles. The number of carbonyl (C=O) groups is 4. The van der Waals surface area contributed by atoms with Gasteiger partial charge in [-0.15, -0.1) is 0 Å². The number of rotatable bonds is 24. The molecule has 0 saturated carbocycles. The number of esters is 3. The number of nitrogens with one attached hydrogen (secondary N) is 2. The molecule has 1 aromatic rings. The molecular formula is C38H63N4O17P. The monoisotopic (exact) mass is 878 g/mol. The summed E-state index contributed by atoms with van der Waals surface area (Å²) in [5.41, 5.74) is -2.28. The lowest BCUT2D eigenvalue weighted by molar-refractivity contribution is -0.279. The SMILES string of the molecule is CC(=O)N[C@H]1[C@H](OCCOCCOCCOCCP(N(C(C)C)C(C)C)[C@]2(n3cc(C)c(=O)[nH]c3=O)C[C@H](O)[C@@H](CO)O2)O[C@H](COC(C)=O)[C@H](OC(C)=O)[C@@H]1OC(C)=O. The predicted octanol–water partition coefficient (Wildman–Crippen LogP) is -0.164. The van der Waals surface area contributed by atoms with E-state index in [-0.39, 0.29) is 71.4 Å². The van der Waals surface area contributed by atoms with Crippen LogP contribution in [0.15, 0.2) is 15.8 Å². The molecule has 1 unspecified atom stereocenters. The van der Waals surface area contributed by atoms with Crippen LogP contribution in [0.2, 0.25) is 0 Å². The quantitative estimate of drug-likeness (QED) is 0.0455. The Hall–Kier alpha value is -3.37. The van der Waals surface area contributed by atoms with Gasteiger partial charge in [0.15, 0.2) is 24.0 Å². The molecule has 0 spiro atoms. The normalized spacial score (nSPS) is 26.0. The minimum absolute atomic E-state index is 0.00523. The highest BCUT2D eigenvalue weighted by molar-refractivity contribution is 7.56. The third-order valence-electron chi connectivity index (χ3n) is 9.43. The van der Waals surface area contributed by atoms with Crippen molar-refractivity contribution in [2.24, 2.45) is 0 Å². The van der Waals surface area contributed by atoms with Gasteiger partial charge in [0.1, 0.15) is 24.9 Å². The Morgan fingerprint density at radius 3 is 1.98 bits per heavy atom. The minimum atomic E-state index is -1.44. The minimum Gasteiger partial charge on any atom is -0.463 e. The molecule has 342 valence electrons. The lowest BCUT2D eigenvalue weighted by Crippen LogP contribution is -2.66. The highest BCUT2D eigenvalue weighted by Crippen LogP contribution is 2.62. The molecule has 0 bridgehead atoms. The molecule has 0 aromatic carbocycles. The Balaban J connectivity index is 1.55. The molecule has 1 aromatic heterocycles. The van der Waals surface area contributed by atoms with Crippen molar-refractivity contribution in [1.82, 2.24) is 19.5 Å². The molecular weight excluding hydrogens is 815 g/mol. The number of aryl methyl sites for hydroxylation is 1. The van der Waals surface area contributed by atoms with Crippen molar-refractivity contribution in [3.8, 4) is 0 Å². The van der Waals surface area contributed by atoms with E-state index >= 15 is 0 Å². The van der Waals surface area contributed by atoms with Crippen molar-refractivity contribution < 1.29 is 72.0 Å². The Kier molecular flexibility index (Phi) is 20.7. The van der Waals surface area contributed by atoms with Crippen LogP contribution in [-0.2, 0) is 67.3 Å². The maximum absolute atomic E-state index is 13.3. The molecule has 9 atom stereocenters. The number of ether oxygens (including phenoxy) is 9. The number of aromatic nitrogens is 2. The fraction of sp³-hybridized carbons (Fsp3) is 0.789. The first kappa shape index (κ1) is 51.0. The van der Waals surface area contributed by atoms with E-state index in [2.05, 4.69) is 15.0 Å². The molecule has 0 radical (unpaired) electrons. The second-order valence-corrected chi connectivity index (χ2v) is 17.3. The number of aromatic amines is 1. The van der Waals surface area contributed by atoms with Gasteiger partial charge < -0.3 is 58.2 Å². The number of aliphatic hydroxyl groups excluding tert-OH is 2. The van der Waals surface area contributed by atoms with Crippen molar-refractivity contribution in [1.29, 1.82) is 0 Å². The zero-order chi connectivity index (χ0) is 44.7. The largest absolute Gasteiger partial charge is 0.463 e. The number of hydrogen-bond acceptors (Lipinski definition) is 18. The molecule has 2 aliphatic rings. The predicted molar refractivity (Wildman–Crippen MR) is 213 cm³/mol. The molecule has 21 nitrogen and oxygen atoms in total. The summed E-state index contributed by atoms with van der Waals surface area (Å²) < 4.78 is 55.1. The highest BCUT2D eigenvalue weighted by Gasteiger charge is 2.55. The summed E-state index contributed by atoms with van der Waals surface area (Å²) in [6.45, 7) is 14.8. The summed E-state index contributed by atoms with van der Waals surface area (Å²) in [5, 5.41) is 23.6. The van der Waals surface area contributed by atoms with Crippen LogP contribution in [0.4, 0.5) is 0 Å². The van der Waals surface area contributed by atoms with Crippen LogP contribution >= 0.6 is 8.07 Å². The average Bonchev–Trinajstić information content (AvgIpc) is 3.49. The van der Waals surface area contributed by atoms with E-state index in [9.17, 15) is 39.0 Å². The standard InChI is InChI=1S/C38H63N4O17P/c1-22(2)42(23(3)4)60(38(18-29(48)30(20-43)59-38)41-19-24(5)35(49)40-37(41)50)17-16-53-13-12-51-10-11-52-14-15-54-36-32(39-25(6)44)34(57-28(9)47)33(56-27(8)46)31(58-36)21-55-26(7)45/h19,22-23,29-34,36,43,48H,10-18,20-21H2,1-9H3,(H,39,44)(H,40,49,50)/t29-,30+,31+,32+,33-,34+,36+,38-,60?/m0/s1. The molecule has 2 fully saturated rings. The van der Waals surface area contributed by atoms with E-state index in [4.69, 9.17) is 42.6 Å². The van der Waals surface area contributed by atoms with Gasteiger partial charge in [-0.2, -0.15) is 0 Å². The highest BCUT2D eigenvalue weighted by atomic mass is 31.1. The van der Waals surface area contributed by atoms with Gasteiger partial charge in [0.2, 0.25) is 5.91 Å². The van der Waals surface area contributed by atoms with Gasteiger partial charge in [-0.05, 0) is 34.6 Å². The Bertz CT molecular complexity index is 1670. The summed E-state index contributed by atoms with van der Waals surface area (Å²) in [5.74, 6) is -2.56. The number of nitrogens with zero attached hydrogens (tertiary/aromatic N) is 2. The van der Waals surface area contributed by atoms with Crippen molar-refractivity contribution in [2.45, 2.75) is 129 Å². The van der Waals surface area contributed by atoms with Gasteiger partial charge in [-0.3, -0.25) is 38.2 Å². The molecule has 0 aliphatic carbocycles. The molecule has 3 rings (SSSR count). The van der Waals surface area contributed by atoms with E-state index in [1.54, 1.807) is 6.92 Å². The maximum Gasteiger partial charge on any atom is 0.331 e. The number of amides is 1. The first-order chi connectivity index (χ1) is 28.3. The van der Waals surface area contributed by atoms with Crippen molar-refractivity contribution in [3.05, 3.63) is 32.6 Å². The fourth-order valence-corrected chi connectivity index (χ4v) is 10.6. The van der Waals surface area contributed by atoms with E-state index < -0.39 is 98.1 Å². The fourth-order valence-electron chi connectivity index (χ4n) is 7.18. The van der Waals surface area contributed by atoms with E-state index in [1.807, 2.05) is 27.7 Å². The molecule has 22 heteroatoms. The Morgan fingerprint density at radius 1 is 0.900 bits per heavy atom. The second-order valence-electron chi connectivity index (χ2n) is 14.9. The van der Waals surface area contributed by atoms with Crippen LogP contribution in [0, 0.1) is 6.92 Å². The number of aliphatic hydroxyl groups is 2. The van der Waals surface area contributed by atoms with E-state index in [0.717, 1.165) is 13.8 Å². The first-order valence-corrected chi connectivity index (χ1v) is 21.4. The molecule has 60 heavy (non-hydrogen) atoms. The Morgan fingerprint density at radius 2 is 1.47 bits per heavy atom. The van der Waals surface area contributed by atoms with Gasteiger partial charge >= 0.3 is 23.6 Å². The van der Waals surface area contributed by atoms with Crippen molar-refractivity contribution >= 4 is 31.9 Å². The summed E-state index contributed by atoms with van der Waals surface area (Å²) in [7, 11) is -1.44. The lowest BCUT2D eigenvalue weighted by Gasteiger charge is -2.47. The van der Waals surface area contributed by atoms with Crippen LogP contribution in [0.3, 0.4) is 0 Å². The number of H-pyrrole nitrogens is 1. The second kappa shape index (κ2) is 24.3. The maximum atomic E-state index is 13.3. The third-order valence-corrected chi connectivity index (χ3v) is 12.8. The molecule has 2 saturated heterocycles. The van der Waals surface area contributed by atoms with Crippen LogP contribution in [0.5, 0.6) is 0 Å². The zero-order valence-corrected chi connectivity index (χ0v) is 36.8. The smallest absolute Gasteiger partial charge is 0.331 e. The van der Waals surface area contributed by atoms with Gasteiger partial charge in [0.05, 0.1) is 59.0 Å². The van der Waals surface area contributed by atoms with Gasteiger partial charge in [-0.25, -0.2) is 4.79 Å². The molecule has 1 amide bonds. The Labute approximate surface area is 350 Å². The van der Waals surface area contributed by atoms with Crippen LogP contribution in [0.25, 0.3) is 0 Å². The van der Waals surface area contributed by atoms with E-state index in [1.165, 1.54) is 24.6 Å². The van der Waals surface area contributed by atoms with E-state index in [0.29, 0.717) is 11.7 Å². The third kappa shape index (κ3) is 14.4. The zero-order valence-electron chi connectivity index (χ0n) is 35.9. The molecule has 4 N–H and O–H groups in total. The molecule has 3 heterocycles. The van der Waals surface area contributed by atoms with Crippen LogP contribution in [-0.4, -0.2) is 169 Å². The van der Waals surface area contributed by atoms with Crippen LogP contribution in [0.1, 0.15) is 67.4 Å². The summed E-state index contributed by atoms with van der Waals surface area (Å²) in [6, 6.07) is -1.09. The summed E-state index contributed by atoms with van der Waals surface area (Å²) in [4.78, 5) is 75.7. The van der Waals surface area contributed by atoms with Gasteiger partial charge in [0.25, 0.3) is 5.56 Å². The van der Waals surface area contributed by atoms with Crippen LogP contribution < -0.4 is 16.6 Å². The van der Waals surface area contributed by atoms with Gasteiger partial charge in [0, 0.05) is 72.2 Å². The lowest BCUT2D eigenvalue weighted by atomic mass is 9.96.